The Labute approximate surface area is 142 Å². The molecule has 0 saturated carbocycles. The third-order valence-corrected chi connectivity index (χ3v) is 4.91. The molecule has 23 heavy (non-hydrogen) atoms. The summed E-state index contributed by atoms with van der Waals surface area (Å²) in [5, 5.41) is 3.91. The lowest BCUT2D eigenvalue weighted by atomic mass is 10.1. The predicted molar refractivity (Wildman–Crippen MR) is 90.9 cm³/mol. The monoisotopic (exact) mass is 337 g/mol. The molecule has 126 valence electrons. The second-order valence-electron chi connectivity index (χ2n) is 6.14. The Morgan fingerprint density at radius 3 is 2.74 bits per heavy atom. The zero-order chi connectivity index (χ0) is 16.1. The van der Waals surface area contributed by atoms with Crippen LogP contribution in [0.25, 0.3) is 0 Å². The number of piperazine rings is 1. The van der Waals surface area contributed by atoms with Crippen molar-refractivity contribution >= 4 is 17.5 Å². The molecule has 1 aromatic rings. The van der Waals surface area contributed by atoms with Crippen LogP contribution in [0.5, 0.6) is 5.75 Å². The second kappa shape index (κ2) is 7.99. The topological polar surface area (TPSA) is 44.8 Å². The van der Waals surface area contributed by atoms with Crippen molar-refractivity contribution in [2.45, 2.75) is 6.42 Å². The maximum absolute atomic E-state index is 12.4. The molecule has 6 heteroatoms. The van der Waals surface area contributed by atoms with Crippen LogP contribution in [0.4, 0.5) is 0 Å². The van der Waals surface area contributed by atoms with Crippen LogP contribution < -0.4 is 10.1 Å². The molecule has 3 rings (SSSR count). The highest BCUT2D eigenvalue weighted by Gasteiger charge is 2.29. The third-order valence-electron chi connectivity index (χ3n) is 4.60. The van der Waals surface area contributed by atoms with Crippen molar-refractivity contribution < 1.29 is 9.53 Å². The molecule has 1 atom stereocenters. The summed E-state index contributed by atoms with van der Waals surface area (Å²) in [6.45, 7) is 6.75. The molecule has 5 nitrogen and oxygen atoms in total. The second-order valence-corrected chi connectivity index (χ2v) is 6.54. The van der Waals surface area contributed by atoms with Crippen molar-refractivity contribution in [3.05, 3.63) is 29.3 Å². The summed E-state index contributed by atoms with van der Waals surface area (Å²) in [6, 6.07) is 7.53. The van der Waals surface area contributed by atoms with E-state index < -0.39 is 0 Å². The van der Waals surface area contributed by atoms with Crippen LogP contribution in [0.2, 0.25) is 5.02 Å². The molecule has 2 heterocycles. The van der Waals surface area contributed by atoms with E-state index in [4.69, 9.17) is 16.3 Å². The summed E-state index contributed by atoms with van der Waals surface area (Å²) in [7, 11) is 0. The van der Waals surface area contributed by atoms with Crippen molar-refractivity contribution in [2.75, 3.05) is 52.4 Å². The Morgan fingerprint density at radius 1 is 1.26 bits per heavy atom. The number of halogens is 1. The average Bonchev–Trinajstić information content (AvgIpc) is 3.11. The first-order chi connectivity index (χ1) is 11.2. The number of nitrogens with one attached hydrogen (secondary N) is 1. The van der Waals surface area contributed by atoms with E-state index >= 15 is 0 Å². The van der Waals surface area contributed by atoms with Gasteiger partial charge in [0.15, 0.2) is 0 Å². The summed E-state index contributed by atoms with van der Waals surface area (Å²) in [6.07, 6.45) is 0.977. The maximum Gasteiger partial charge on any atom is 0.227 e. The van der Waals surface area contributed by atoms with E-state index in [1.54, 1.807) is 0 Å². The van der Waals surface area contributed by atoms with Crippen LogP contribution in [0.3, 0.4) is 0 Å². The number of carbonyl (C=O) groups excluding carboxylic acids is 1. The zero-order valence-corrected chi connectivity index (χ0v) is 14.1. The maximum atomic E-state index is 12.4. The Balaban J connectivity index is 1.37. The molecule has 0 aromatic heterocycles. The Morgan fingerprint density at radius 2 is 2.04 bits per heavy atom. The van der Waals surface area contributed by atoms with Crippen LogP contribution in [-0.2, 0) is 4.79 Å². The molecule has 2 aliphatic rings. The highest BCUT2D eigenvalue weighted by molar-refractivity contribution is 6.32. The van der Waals surface area contributed by atoms with E-state index in [1.165, 1.54) is 0 Å². The van der Waals surface area contributed by atoms with Crippen molar-refractivity contribution in [1.82, 2.24) is 15.1 Å². The number of benzene rings is 1. The minimum atomic E-state index is 0.185. The van der Waals surface area contributed by atoms with Gasteiger partial charge in [0.05, 0.1) is 10.9 Å². The third kappa shape index (κ3) is 4.37. The number of hydrogen-bond acceptors (Lipinski definition) is 4. The minimum absolute atomic E-state index is 0.185. The number of para-hydroxylation sites is 1. The first-order valence-electron chi connectivity index (χ1n) is 8.33. The van der Waals surface area contributed by atoms with E-state index in [2.05, 4.69) is 10.2 Å². The number of nitrogens with zero attached hydrogens (tertiary/aromatic N) is 2. The molecule has 1 N–H and O–H groups in total. The van der Waals surface area contributed by atoms with Crippen molar-refractivity contribution in [1.29, 1.82) is 0 Å². The van der Waals surface area contributed by atoms with Crippen molar-refractivity contribution in [2.24, 2.45) is 5.92 Å². The molecule has 0 radical (unpaired) electrons. The molecule has 0 spiro atoms. The van der Waals surface area contributed by atoms with Gasteiger partial charge >= 0.3 is 0 Å². The van der Waals surface area contributed by atoms with Gasteiger partial charge in [-0.25, -0.2) is 0 Å². The van der Waals surface area contributed by atoms with Gasteiger partial charge in [0.1, 0.15) is 12.4 Å². The van der Waals surface area contributed by atoms with E-state index in [0.717, 1.165) is 58.0 Å². The van der Waals surface area contributed by atoms with E-state index in [0.29, 0.717) is 17.5 Å². The molecular weight excluding hydrogens is 314 g/mol. The van der Waals surface area contributed by atoms with Crippen LogP contribution in [0.15, 0.2) is 24.3 Å². The van der Waals surface area contributed by atoms with Gasteiger partial charge < -0.3 is 15.0 Å². The highest BCUT2D eigenvalue weighted by Crippen LogP contribution is 2.23. The minimum Gasteiger partial charge on any atom is -0.491 e. The van der Waals surface area contributed by atoms with Gasteiger partial charge in [0.25, 0.3) is 0 Å². The lowest BCUT2D eigenvalue weighted by Crippen LogP contribution is -2.51. The van der Waals surface area contributed by atoms with Crippen LogP contribution in [0.1, 0.15) is 6.42 Å². The molecule has 2 saturated heterocycles. The summed E-state index contributed by atoms with van der Waals surface area (Å²) in [5.41, 5.74) is 0. The first-order valence-corrected chi connectivity index (χ1v) is 8.71. The van der Waals surface area contributed by atoms with E-state index in [9.17, 15) is 4.79 Å². The van der Waals surface area contributed by atoms with Gasteiger partial charge in [-0.3, -0.25) is 9.69 Å². The number of rotatable bonds is 5. The van der Waals surface area contributed by atoms with Gasteiger partial charge in [0.2, 0.25) is 5.91 Å². The highest BCUT2D eigenvalue weighted by atomic mass is 35.5. The molecule has 1 aromatic carbocycles. The lowest BCUT2D eigenvalue weighted by molar-refractivity contribution is -0.136. The van der Waals surface area contributed by atoms with Gasteiger partial charge in [-0.1, -0.05) is 23.7 Å². The van der Waals surface area contributed by atoms with Gasteiger partial charge in [-0.2, -0.15) is 0 Å². The van der Waals surface area contributed by atoms with Crippen LogP contribution >= 0.6 is 11.6 Å². The number of amides is 1. The fourth-order valence-electron chi connectivity index (χ4n) is 3.16. The largest absolute Gasteiger partial charge is 0.491 e. The van der Waals surface area contributed by atoms with E-state index in [1.807, 2.05) is 29.2 Å². The summed E-state index contributed by atoms with van der Waals surface area (Å²) in [4.78, 5) is 16.7. The Hall–Kier alpha value is -1.30. The Bertz CT molecular complexity index is 526. The fraction of sp³-hybridized carbons (Fsp3) is 0.588. The zero-order valence-electron chi connectivity index (χ0n) is 13.3. The quantitative estimate of drug-likeness (QED) is 0.884. The van der Waals surface area contributed by atoms with Gasteiger partial charge in [0, 0.05) is 39.3 Å². The van der Waals surface area contributed by atoms with Crippen LogP contribution in [0, 0.1) is 5.92 Å². The number of hydrogen-bond donors (Lipinski definition) is 1. The standard InChI is InChI=1S/C17H24ClN3O2/c18-15-3-1-2-4-16(15)23-12-11-20-7-9-21(10-8-20)17(22)14-5-6-19-13-14/h1-4,14,19H,5-13H2. The number of ether oxygens (including phenoxy) is 1. The molecule has 1 unspecified atom stereocenters. The summed E-state index contributed by atoms with van der Waals surface area (Å²) < 4.78 is 5.73. The van der Waals surface area contributed by atoms with Gasteiger partial charge in [-0.05, 0) is 25.1 Å². The first kappa shape index (κ1) is 16.6. The van der Waals surface area contributed by atoms with Crippen LogP contribution in [-0.4, -0.2) is 68.1 Å². The van der Waals surface area contributed by atoms with Gasteiger partial charge in [-0.15, -0.1) is 0 Å². The average molecular weight is 338 g/mol. The predicted octanol–water partition coefficient (Wildman–Crippen LogP) is 1.47. The summed E-state index contributed by atoms with van der Waals surface area (Å²) >= 11 is 6.07. The molecule has 2 aliphatic heterocycles. The summed E-state index contributed by atoms with van der Waals surface area (Å²) in [5.74, 6) is 1.24. The van der Waals surface area contributed by atoms with Crippen molar-refractivity contribution in [3.63, 3.8) is 0 Å². The Kier molecular flexibility index (Phi) is 5.75. The lowest BCUT2D eigenvalue weighted by Gasteiger charge is -2.35. The molecule has 0 bridgehead atoms. The fourth-order valence-corrected chi connectivity index (χ4v) is 3.35. The smallest absolute Gasteiger partial charge is 0.227 e. The van der Waals surface area contributed by atoms with E-state index in [-0.39, 0.29) is 5.92 Å². The SMILES string of the molecule is O=C(C1CCNC1)N1CCN(CCOc2ccccc2Cl)CC1. The molecule has 2 fully saturated rings. The molecular formula is C17H24ClN3O2. The normalized spacial score (nSPS) is 22.3. The number of carbonyl (C=O) groups is 1. The van der Waals surface area contributed by atoms with Crippen molar-refractivity contribution in [3.8, 4) is 5.75 Å². The molecule has 0 aliphatic carbocycles. The molecule has 1 amide bonds.